The summed E-state index contributed by atoms with van der Waals surface area (Å²) >= 11 is 1.36. The summed E-state index contributed by atoms with van der Waals surface area (Å²) in [6.07, 6.45) is 4.20. The Morgan fingerprint density at radius 3 is 2.12 bits per heavy atom. The number of benzene rings is 1. The lowest BCUT2D eigenvalue weighted by Gasteiger charge is -2.32. The zero-order valence-corrected chi connectivity index (χ0v) is 35.8. The predicted octanol–water partition coefficient (Wildman–Crippen LogP) is 0.577. The van der Waals surface area contributed by atoms with Crippen molar-refractivity contribution in [2.24, 2.45) is 23.3 Å². The first kappa shape index (κ1) is 48.7. The van der Waals surface area contributed by atoms with E-state index in [1.807, 2.05) is 38.1 Å². The predicted molar refractivity (Wildman–Crippen MR) is 227 cm³/mol. The first-order valence-corrected chi connectivity index (χ1v) is 21.8. The molecule has 1 fully saturated rings. The maximum absolute atomic E-state index is 14.1. The van der Waals surface area contributed by atoms with Crippen molar-refractivity contribution in [2.45, 2.75) is 122 Å². The van der Waals surface area contributed by atoms with Crippen molar-refractivity contribution in [3.63, 3.8) is 0 Å². The molecular weight excluding hydrogens is 779 g/mol. The van der Waals surface area contributed by atoms with E-state index in [2.05, 4.69) is 31.6 Å². The largest absolute Gasteiger partial charge is 0.394 e. The number of aromatic amines is 1. The number of hydrogen-bond acceptors (Lipinski definition) is 10. The van der Waals surface area contributed by atoms with E-state index in [1.165, 1.54) is 23.7 Å². The Labute approximate surface area is 351 Å². The highest BCUT2D eigenvalue weighted by atomic mass is 32.2. The number of likely N-dealkylation sites (N-methyl/N-ethyl adjacent to an activating group) is 1. The molecule has 17 nitrogen and oxygen atoms in total. The van der Waals surface area contributed by atoms with Crippen LogP contribution >= 0.6 is 11.8 Å². The van der Waals surface area contributed by atoms with Crippen molar-refractivity contribution >= 4 is 64.0 Å². The third kappa shape index (κ3) is 14.5. The molecule has 0 aliphatic carbocycles. The van der Waals surface area contributed by atoms with E-state index in [9.17, 15) is 38.7 Å². The van der Waals surface area contributed by atoms with E-state index in [-0.39, 0.29) is 25.9 Å². The van der Waals surface area contributed by atoms with Crippen LogP contribution < -0.4 is 38.1 Å². The average Bonchev–Trinajstić information content (AvgIpc) is 3.62. The quantitative estimate of drug-likeness (QED) is 0.113. The number of carbonyl (C=O) groups excluding carboxylic acids is 7. The third-order valence-corrected chi connectivity index (χ3v) is 12.1. The normalized spacial score (nSPS) is 23.4. The Bertz CT molecular complexity index is 1740. The fraction of sp³-hybridized carbons (Fsp3) is 0.634. The number of fused-ring (bicyclic) bond motifs is 1. The molecule has 0 spiro atoms. The van der Waals surface area contributed by atoms with Crippen LogP contribution in [0, 0.1) is 11.8 Å². The van der Waals surface area contributed by atoms with E-state index in [0.717, 1.165) is 16.5 Å². The van der Waals surface area contributed by atoms with Crippen molar-refractivity contribution in [3.05, 3.63) is 36.0 Å². The van der Waals surface area contributed by atoms with Crippen LogP contribution in [0.15, 0.2) is 30.5 Å². The molecule has 1 saturated heterocycles. The van der Waals surface area contributed by atoms with Gasteiger partial charge in [0.05, 0.1) is 19.1 Å². The summed E-state index contributed by atoms with van der Waals surface area (Å²) < 4.78 is 0. The summed E-state index contributed by atoms with van der Waals surface area (Å²) in [4.78, 5) is 100. The minimum absolute atomic E-state index is 0.0273. The van der Waals surface area contributed by atoms with Crippen molar-refractivity contribution in [3.8, 4) is 0 Å². The molecule has 1 aromatic heterocycles. The summed E-state index contributed by atoms with van der Waals surface area (Å²) in [7, 11) is 1.53. The number of rotatable bonds is 15. The molecule has 3 rings (SSSR count). The Kier molecular flexibility index (Phi) is 20.1. The second-order valence-electron chi connectivity index (χ2n) is 15.4. The number of unbranched alkanes of at least 4 members (excludes halogenated alkanes) is 1. The minimum atomic E-state index is -1.50. The summed E-state index contributed by atoms with van der Waals surface area (Å²) in [5, 5.41) is 24.9. The number of aromatic nitrogens is 1. The van der Waals surface area contributed by atoms with Gasteiger partial charge in [-0.1, -0.05) is 65.2 Å². The Morgan fingerprint density at radius 2 is 1.49 bits per heavy atom. The molecule has 8 atom stereocenters. The van der Waals surface area contributed by atoms with Gasteiger partial charge in [0, 0.05) is 42.7 Å². The molecule has 2 heterocycles. The Morgan fingerprint density at radius 1 is 0.864 bits per heavy atom. The van der Waals surface area contributed by atoms with Crippen LogP contribution in [0.5, 0.6) is 0 Å². The lowest BCUT2D eigenvalue weighted by Crippen LogP contribution is -2.62. The summed E-state index contributed by atoms with van der Waals surface area (Å²) in [5.41, 5.74) is 12.8. The minimum Gasteiger partial charge on any atom is -0.394 e. The number of aliphatic hydroxyl groups excluding tert-OH is 1. The van der Waals surface area contributed by atoms with E-state index in [0.29, 0.717) is 50.2 Å². The molecule has 1 aromatic carbocycles. The van der Waals surface area contributed by atoms with Gasteiger partial charge in [0.15, 0.2) is 0 Å². The second-order valence-corrected chi connectivity index (χ2v) is 16.7. The molecule has 2 aromatic rings. The number of hydrogen-bond donors (Lipinski definition) is 9. The van der Waals surface area contributed by atoms with Crippen molar-refractivity contribution in [1.82, 2.24) is 36.5 Å². The highest BCUT2D eigenvalue weighted by molar-refractivity contribution is 7.99. The first-order chi connectivity index (χ1) is 28.1. The second kappa shape index (κ2) is 24.4. The molecule has 328 valence electrons. The number of H-pyrrole nitrogens is 1. The van der Waals surface area contributed by atoms with Gasteiger partial charge in [-0.05, 0) is 55.0 Å². The van der Waals surface area contributed by atoms with Crippen LogP contribution in [0.1, 0.15) is 84.6 Å². The van der Waals surface area contributed by atoms with E-state index in [1.54, 1.807) is 20.0 Å². The van der Waals surface area contributed by atoms with E-state index < -0.39 is 95.9 Å². The summed E-state index contributed by atoms with van der Waals surface area (Å²) in [6, 6.07) is 1.01. The van der Waals surface area contributed by atoms with Gasteiger partial charge in [-0.15, -0.1) is 0 Å². The van der Waals surface area contributed by atoms with Crippen LogP contribution in [0.3, 0.4) is 0 Å². The molecule has 59 heavy (non-hydrogen) atoms. The molecule has 0 saturated carbocycles. The topological polar surface area (TPSA) is 271 Å². The number of thioether (sulfide) groups is 1. The van der Waals surface area contributed by atoms with Crippen LogP contribution in [-0.2, 0) is 40.0 Å². The molecule has 11 N–H and O–H groups in total. The fourth-order valence-corrected chi connectivity index (χ4v) is 7.86. The number of amides is 7. The van der Waals surface area contributed by atoms with Gasteiger partial charge in [-0.25, -0.2) is 0 Å². The third-order valence-electron chi connectivity index (χ3n) is 11.1. The molecule has 0 bridgehead atoms. The molecular formula is C41H65N9O8S. The SMILES string of the molecule is CCC(C)C1NC(=O)C(Cc2c[nH]c3ccccc23)NC(=O)CCSCCC(C(=O)N(C)C(CO)CCCCN)NC(=O)C(CC(N)=O)NC(=O)C(C(C)CC)NC1=O. The monoisotopic (exact) mass is 843 g/mol. The first-order valence-electron chi connectivity index (χ1n) is 20.6. The van der Waals surface area contributed by atoms with Gasteiger partial charge in [0.2, 0.25) is 41.4 Å². The Hall–Kier alpha value is -4.68. The number of nitrogens with two attached hydrogens (primary N) is 2. The molecule has 1 aliphatic rings. The average molecular weight is 844 g/mol. The van der Waals surface area contributed by atoms with Gasteiger partial charge in [-0.3, -0.25) is 33.6 Å². The number of nitrogens with zero attached hydrogens (tertiary/aromatic N) is 1. The lowest BCUT2D eigenvalue weighted by molar-refractivity contribution is -0.139. The Balaban J connectivity index is 2.03. The molecule has 8 unspecified atom stereocenters. The molecule has 7 amide bonds. The van der Waals surface area contributed by atoms with E-state index in [4.69, 9.17) is 11.5 Å². The fourth-order valence-electron chi connectivity index (χ4n) is 6.92. The number of primary amides is 1. The smallest absolute Gasteiger partial charge is 0.245 e. The van der Waals surface area contributed by atoms with Gasteiger partial charge in [-0.2, -0.15) is 11.8 Å². The highest BCUT2D eigenvalue weighted by Gasteiger charge is 2.37. The number of para-hydroxylation sites is 1. The molecule has 18 heteroatoms. The van der Waals surface area contributed by atoms with Crippen LogP contribution in [0.25, 0.3) is 10.9 Å². The maximum Gasteiger partial charge on any atom is 0.245 e. The zero-order chi connectivity index (χ0) is 43.6. The van der Waals surface area contributed by atoms with Gasteiger partial charge >= 0.3 is 0 Å². The van der Waals surface area contributed by atoms with Crippen molar-refractivity contribution < 1.29 is 38.7 Å². The molecule has 0 radical (unpaired) electrons. The summed E-state index contributed by atoms with van der Waals surface area (Å²) in [5.74, 6) is -4.86. The van der Waals surface area contributed by atoms with Crippen molar-refractivity contribution in [1.29, 1.82) is 0 Å². The van der Waals surface area contributed by atoms with Crippen LogP contribution in [0.2, 0.25) is 0 Å². The standard InChI is InChI=1S/C41H65N9O8S/c1-6-24(3)35-39(56)47-32(21-33(43)52)37(54)46-30(41(58)50(5)27(23-51)12-10-11-17-42)15-18-59-19-16-34(53)45-31(20-26-22-44-29-14-9-8-13-28(26)29)38(55)48-36(25(4)7-2)40(57)49-35/h8-9,13-14,22,24-25,27,30-32,35-36,44,51H,6-7,10-12,15-21,23,42H2,1-5H3,(H2,43,52)(H,45,53)(H,46,54)(H,47,56)(H,48,55)(H,49,57). The molecule has 1 aliphatic heterocycles. The summed E-state index contributed by atoms with van der Waals surface area (Å²) in [6.45, 7) is 7.34. The van der Waals surface area contributed by atoms with Gasteiger partial charge in [0.1, 0.15) is 30.2 Å². The number of carbonyl (C=O) groups is 7. The number of aliphatic hydroxyl groups is 1. The number of nitrogens with one attached hydrogen (secondary N) is 6. The highest BCUT2D eigenvalue weighted by Crippen LogP contribution is 2.21. The van der Waals surface area contributed by atoms with Crippen molar-refractivity contribution in [2.75, 3.05) is 31.7 Å². The van der Waals surface area contributed by atoms with Gasteiger partial charge < -0.3 is 53.0 Å². The maximum atomic E-state index is 14.1. The zero-order valence-electron chi connectivity index (χ0n) is 35.0. The van der Waals surface area contributed by atoms with Crippen LogP contribution in [0.4, 0.5) is 0 Å². The van der Waals surface area contributed by atoms with E-state index >= 15 is 0 Å². The van der Waals surface area contributed by atoms with Crippen LogP contribution in [-0.4, -0.2) is 124 Å². The lowest BCUT2D eigenvalue weighted by atomic mass is 9.94. The van der Waals surface area contributed by atoms with Gasteiger partial charge in [0.25, 0.3) is 0 Å².